The Morgan fingerprint density at radius 1 is 0.872 bits per heavy atom. The number of amides is 1. The Bertz CT molecular complexity index is 1550. The summed E-state index contributed by atoms with van der Waals surface area (Å²) in [7, 11) is 0. The second kappa shape index (κ2) is 13.5. The van der Waals surface area contributed by atoms with Crippen molar-refractivity contribution in [2.45, 2.75) is 13.2 Å². The van der Waals surface area contributed by atoms with E-state index < -0.39 is 5.91 Å². The van der Waals surface area contributed by atoms with Gasteiger partial charge in [-0.1, -0.05) is 68.9 Å². The molecular weight excluding hydrogens is 623 g/mol. The van der Waals surface area contributed by atoms with Gasteiger partial charge in [0.1, 0.15) is 36.4 Å². The van der Waals surface area contributed by atoms with Gasteiger partial charge in [0.25, 0.3) is 5.91 Å². The standard InChI is InChI=1S/C30H20BrCl3N2O3/c31-23-4-12-29(39-17-19-1-5-24(32)6-2-19)21(14-23)13-22(16-35)30(37)36-26-8-10-27(11-9-26)38-18-20-3-7-25(33)15-28(20)34/h1-15H,17-18H2,(H,36,37)/b22-13+. The fourth-order valence-corrected chi connectivity index (χ4v) is 4.41. The molecule has 39 heavy (non-hydrogen) atoms. The molecule has 0 aliphatic rings. The lowest BCUT2D eigenvalue weighted by atomic mass is 10.1. The number of halogens is 4. The Kier molecular flexibility index (Phi) is 9.91. The first-order chi connectivity index (χ1) is 18.8. The number of nitriles is 1. The van der Waals surface area contributed by atoms with Crippen LogP contribution in [0.3, 0.4) is 0 Å². The molecule has 4 aromatic rings. The predicted molar refractivity (Wildman–Crippen MR) is 159 cm³/mol. The van der Waals surface area contributed by atoms with Crippen LogP contribution in [-0.4, -0.2) is 5.91 Å². The summed E-state index contributed by atoms with van der Waals surface area (Å²) in [6.07, 6.45) is 1.49. The summed E-state index contributed by atoms with van der Waals surface area (Å²) >= 11 is 21.5. The summed E-state index contributed by atoms with van der Waals surface area (Å²) < 4.78 is 12.5. The van der Waals surface area contributed by atoms with E-state index in [0.717, 1.165) is 15.6 Å². The van der Waals surface area contributed by atoms with Gasteiger partial charge in [-0.25, -0.2) is 0 Å². The maximum Gasteiger partial charge on any atom is 0.266 e. The fourth-order valence-electron chi connectivity index (χ4n) is 3.44. The van der Waals surface area contributed by atoms with Crippen LogP contribution in [0.5, 0.6) is 11.5 Å². The van der Waals surface area contributed by atoms with Gasteiger partial charge in [-0.15, -0.1) is 0 Å². The molecule has 5 nitrogen and oxygen atoms in total. The van der Waals surface area contributed by atoms with Gasteiger partial charge in [0.05, 0.1) is 0 Å². The number of rotatable bonds is 9. The zero-order valence-electron chi connectivity index (χ0n) is 20.3. The topological polar surface area (TPSA) is 71.3 Å². The largest absolute Gasteiger partial charge is 0.489 e. The van der Waals surface area contributed by atoms with E-state index in [4.69, 9.17) is 44.3 Å². The van der Waals surface area contributed by atoms with Gasteiger partial charge in [0, 0.05) is 36.4 Å². The molecule has 4 aromatic carbocycles. The average Bonchev–Trinajstić information content (AvgIpc) is 2.92. The van der Waals surface area contributed by atoms with Crippen molar-refractivity contribution in [2.24, 2.45) is 0 Å². The molecule has 0 saturated heterocycles. The van der Waals surface area contributed by atoms with E-state index in [1.54, 1.807) is 66.7 Å². The summed E-state index contributed by atoms with van der Waals surface area (Å²) in [5.41, 5.74) is 2.73. The molecule has 0 aliphatic carbocycles. The van der Waals surface area contributed by atoms with E-state index in [9.17, 15) is 10.1 Å². The van der Waals surface area contributed by atoms with Crippen molar-refractivity contribution in [3.63, 3.8) is 0 Å². The highest BCUT2D eigenvalue weighted by Crippen LogP contribution is 2.28. The summed E-state index contributed by atoms with van der Waals surface area (Å²) in [5, 5.41) is 14.2. The van der Waals surface area contributed by atoms with Gasteiger partial charge in [-0.05, 0) is 78.4 Å². The molecule has 0 atom stereocenters. The first-order valence-corrected chi connectivity index (χ1v) is 13.5. The summed E-state index contributed by atoms with van der Waals surface area (Å²) in [6.45, 7) is 0.560. The van der Waals surface area contributed by atoms with E-state index in [1.807, 2.05) is 24.3 Å². The third-order valence-electron chi connectivity index (χ3n) is 5.47. The fraction of sp³-hybridized carbons (Fsp3) is 0.0667. The Morgan fingerprint density at radius 2 is 1.59 bits per heavy atom. The van der Waals surface area contributed by atoms with Crippen LogP contribution < -0.4 is 14.8 Å². The lowest BCUT2D eigenvalue weighted by molar-refractivity contribution is -0.112. The van der Waals surface area contributed by atoms with Crippen LogP contribution in [0.25, 0.3) is 6.08 Å². The molecule has 196 valence electrons. The molecule has 0 fully saturated rings. The number of anilines is 1. The third kappa shape index (κ3) is 8.26. The van der Waals surface area contributed by atoms with Gasteiger partial charge in [0.2, 0.25) is 0 Å². The van der Waals surface area contributed by atoms with Gasteiger partial charge in [-0.3, -0.25) is 4.79 Å². The Hall–Kier alpha value is -3.47. The maximum absolute atomic E-state index is 12.9. The van der Waals surface area contributed by atoms with Crippen molar-refractivity contribution >= 4 is 68.4 Å². The molecule has 0 radical (unpaired) electrons. The van der Waals surface area contributed by atoms with Crippen molar-refractivity contribution in [1.82, 2.24) is 0 Å². The SMILES string of the molecule is N#C/C(=C\c1cc(Br)ccc1OCc1ccc(Cl)cc1)C(=O)Nc1ccc(OCc2ccc(Cl)cc2Cl)cc1. The van der Waals surface area contributed by atoms with E-state index in [-0.39, 0.29) is 12.2 Å². The highest BCUT2D eigenvalue weighted by Gasteiger charge is 2.13. The molecule has 0 bridgehead atoms. The van der Waals surface area contributed by atoms with Crippen molar-refractivity contribution < 1.29 is 14.3 Å². The average molecular weight is 643 g/mol. The van der Waals surface area contributed by atoms with Gasteiger partial charge in [0.15, 0.2) is 0 Å². The van der Waals surface area contributed by atoms with Gasteiger partial charge >= 0.3 is 0 Å². The number of hydrogen-bond acceptors (Lipinski definition) is 4. The van der Waals surface area contributed by atoms with Crippen molar-refractivity contribution in [2.75, 3.05) is 5.32 Å². The molecule has 1 N–H and O–H groups in total. The minimum Gasteiger partial charge on any atom is -0.489 e. The summed E-state index contributed by atoms with van der Waals surface area (Å²) in [5.74, 6) is 0.561. The normalized spacial score (nSPS) is 11.0. The zero-order valence-corrected chi connectivity index (χ0v) is 24.1. The number of nitrogens with one attached hydrogen (secondary N) is 1. The summed E-state index contributed by atoms with van der Waals surface area (Å²) in [6, 6.07) is 26.7. The number of carbonyl (C=O) groups is 1. The Labute approximate surface area is 249 Å². The van der Waals surface area contributed by atoms with Gasteiger partial charge in [-0.2, -0.15) is 5.26 Å². The second-order valence-corrected chi connectivity index (χ2v) is 10.5. The maximum atomic E-state index is 12.9. The van der Waals surface area contributed by atoms with Crippen LogP contribution in [-0.2, 0) is 18.0 Å². The first-order valence-electron chi connectivity index (χ1n) is 11.6. The van der Waals surface area contributed by atoms with Gasteiger partial charge < -0.3 is 14.8 Å². The number of carbonyl (C=O) groups excluding carboxylic acids is 1. The lowest BCUT2D eigenvalue weighted by Gasteiger charge is -2.11. The molecule has 0 aromatic heterocycles. The first kappa shape index (κ1) is 28.5. The Balaban J connectivity index is 1.42. The molecule has 0 aliphatic heterocycles. The van der Waals surface area contributed by atoms with Crippen LogP contribution in [0.15, 0.2) is 95.0 Å². The van der Waals surface area contributed by atoms with Crippen molar-refractivity contribution in [1.29, 1.82) is 5.26 Å². The Morgan fingerprint density at radius 3 is 2.28 bits per heavy atom. The minimum atomic E-state index is -0.553. The zero-order chi connectivity index (χ0) is 27.8. The minimum absolute atomic E-state index is 0.0813. The summed E-state index contributed by atoms with van der Waals surface area (Å²) in [4.78, 5) is 12.9. The smallest absolute Gasteiger partial charge is 0.266 e. The van der Waals surface area contributed by atoms with Crippen LogP contribution in [0.1, 0.15) is 16.7 Å². The highest BCUT2D eigenvalue weighted by molar-refractivity contribution is 9.10. The molecule has 0 spiro atoms. The molecule has 0 saturated carbocycles. The highest BCUT2D eigenvalue weighted by atomic mass is 79.9. The monoisotopic (exact) mass is 640 g/mol. The van der Waals surface area contributed by atoms with Crippen molar-refractivity contribution in [3.05, 3.63) is 127 Å². The quantitative estimate of drug-likeness (QED) is 0.146. The molecule has 0 unspecified atom stereocenters. The van der Waals surface area contributed by atoms with Crippen LogP contribution in [0.4, 0.5) is 5.69 Å². The molecule has 4 rings (SSSR count). The molecule has 1 amide bonds. The number of nitrogens with zero attached hydrogens (tertiary/aromatic N) is 1. The predicted octanol–water partition coefficient (Wildman–Crippen LogP) is 9.11. The van der Waals surface area contributed by atoms with E-state index in [1.165, 1.54) is 6.08 Å². The van der Waals surface area contributed by atoms with Crippen LogP contribution in [0, 0.1) is 11.3 Å². The third-order valence-corrected chi connectivity index (χ3v) is 6.80. The van der Waals surface area contributed by atoms with E-state index in [0.29, 0.717) is 44.4 Å². The number of hydrogen-bond donors (Lipinski definition) is 1. The van der Waals surface area contributed by atoms with Crippen LogP contribution >= 0.6 is 50.7 Å². The molecule has 9 heteroatoms. The van der Waals surface area contributed by atoms with E-state index in [2.05, 4.69) is 21.2 Å². The molecular formula is C30H20BrCl3N2O3. The van der Waals surface area contributed by atoms with Crippen molar-refractivity contribution in [3.8, 4) is 17.6 Å². The second-order valence-electron chi connectivity index (χ2n) is 8.27. The van der Waals surface area contributed by atoms with E-state index >= 15 is 0 Å². The lowest BCUT2D eigenvalue weighted by Crippen LogP contribution is -2.13. The number of ether oxygens (including phenoxy) is 2. The molecule has 0 heterocycles. The van der Waals surface area contributed by atoms with Crippen LogP contribution in [0.2, 0.25) is 15.1 Å². The number of benzene rings is 4.